The van der Waals surface area contributed by atoms with Crippen molar-refractivity contribution in [2.75, 3.05) is 6.54 Å². The van der Waals surface area contributed by atoms with Crippen molar-refractivity contribution in [3.05, 3.63) is 30.1 Å². The van der Waals surface area contributed by atoms with Gasteiger partial charge in [0.05, 0.1) is 6.04 Å². The van der Waals surface area contributed by atoms with Gasteiger partial charge in [-0.3, -0.25) is 9.78 Å². The van der Waals surface area contributed by atoms with Crippen molar-refractivity contribution in [2.45, 2.75) is 38.6 Å². The van der Waals surface area contributed by atoms with Crippen LogP contribution in [0.25, 0.3) is 0 Å². The lowest BCUT2D eigenvalue weighted by Crippen LogP contribution is -2.41. The fraction of sp³-hybridized carbons (Fsp3) is 0.538. The lowest BCUT2D eigenvalue weighted by Gasteiger charge is -2.11. The summed E-state index contributed by atoms with van der Waals surface area (Å²) in [6, 6.07) is 3.53. The van der Waals surface area contributed by atoms with Gasteiger partial charge in [0.15, 0.2) is 0 Å². The minimum atomic E-state index is -0.368. The van der Waals surface area contributed by atoms with Gasteiger partial charge in [-0.25, -0.2) is 0 Å². The predicted molar refractivity (Wildman–Crippen MR) is 68.5 cm³/mol. The van der Waals surface area contributed by atoms with Crippen LogP contribution in [0.3, 0.4) is 0 Å². The smallest absolute Gasteiger partial charge is 0.236 e. The minimum Gasteiger partial charge on any atom is -0.354 e. The summed E-state index contributed by atoms with van der Waals surface area (Å²) in [4.78, 5) is 15.5. The van der Waals surface area contributed by atoms with E-state index in [4.69, 9.17) is 5.73 Å². The number of rotatable bonds is 7. The van der Waals surface area contributed by atoms with E-state index in [0.29, 0.717) is 6.54 Å². The summed E-state index contributed by atoms with van der Waals surface area (Å²) < 4.78 is 0. The molecule has 0 bridgehead atoms. The molecule has 1 aromatic rings. The molecule has 0 saturated heterocycles. The molecule has 1 rings (SSSR count). The molecule has 1 amide bonds. The highest BCUT2D eigenvalue weighted by atomic mass is 16.2. The molecule has 0 fully saturated rings. The molecular formula is C13H21N3O. The SMILES string of the molecule is CCCC[C@H](N)C(=O)NCCc1ccncc1. The molecule has 1 aromatic heterocycles. The summed E-state index contributed by atoms with van der Waals surface area (Å²) in [5.41, 5.74) is 6.93. The van der Waals surface area contributed by atoms with E-state index in [2.05, 4.69) is 17.2 Å². The van der Waals surface area contributed by atoms with Gasteiger partial charge in [0.2, 0.25) is 5.91 Å². The zero-order chi connectivity index (χ0) is 12.5. The van der Waals surface area contributed by atoms with Gasteiger partial charge < -0.3 is 11.1 Å². The first-order chi connectivity index (χ1) is 8.24. The molecule has 17 heavy (non-hydrogen) atoms. The van der Waals surface area contributed by atoms with Crippen LogP contribution < -0.4 is 11.1 Å². The Morgan fingerprint density at radius 1 is 1.47 bits per heavy atom. The van der Waals surface area contributed by atoms with Crippen molar-refractivity contribution in [2.24, 2.45) is 5.73 Å². The highest BCUT2D eigenvalue weighted by molar-refractivity contribution is 5.81. The summed E-state index contributed by atoms with van der Waals surface area (Å²) in [7, 11) is 0. The van der Waals surface area contributed by atoms with Gasteiger partial charge >= 0.3 is 0 Å². The summed E-state index contributed by atoms with van der Waals surface area (Å²) in [6.07, 6.45) is 7.15. The summed E-state index contributed by atoms with van der Waals surface area (Å²) in [5.74, 6) is -0.0486. The molecule has 0 aliphatic carbocycles. The van der Waals surface area contributed by atoms with E-state index in [-0.39, 0.29) is 11.9 Å². The van der Waals surface area contributed by atoms with Gasteiger partial charge in [0.25, 0.3) is 0 Å². The van der Waals surface area contributed by atoms with Crippen LogP contribution in [0, 0.1) is 0 Å². The van der Waals surface area contributed by atoms with Gasteiger partial charge in [0.1, 0.15) is 0 Å². The minimum absolute atomic E-state index is 0.0486. The van der Waals surface area contributed by atoms with Crippen molar-refractivity contribution < 1.29 is 4.79 Å². The normalized spacial score (nSPS) is 12.1. The number of aromatic nitrogens is 1. The summed E-state index contributed by atoms with van der Waals surface area (Å²) >= 11 is 0. The van der Waals surface area contributed by atoms with Crippen molar-refractivity contribution in [3.63, 3.8) is 0 Å². The van der Waals surface area contributed by atoms with E-state index in [9.17, 15) is 4.79 Å². The van der Waals surface area contributed by atoms with Crippen LogP contribution in [0.4, 0.5) is 0 Å². The molecule has 3 N–H and O–H groups in total. The first kappa shape index (κ1) is 13.6. The monoisotopic (exact) mass is 235 g/mol. The third kappa shape index (κ3) is 5.45. The van der Waals surface area contributed by atoms with Crippen LogP contribution in [0.2, 0.25) is 0 Å². The Balaban J connectivity index is 2.20. The van der Waals surface area contributed by atoms with Crippen LogP contribution in [-0.2, 0) is 11.2 Å². The molecule has 0 aliphatic rings. The van der Waals surface area contributed by atoms with E-state index >= 15 is 0 Å². The number of nitrogens with one attached hydrogen (secondary N) is 1. The second kappa shape index (κ2) is 7.79. The van der Waals surface area contributed by atoms with Gasteiger partial charge in [-0.2, -0.15) is 0 Å². The second-order valence-electron chi connectivity index (χ2n) is 4.15. The molecule has 0 aliphatic heterocycles. The number of amides is 1. The number of hydrogen-bond acceptors (Lipinski definition) is 3. The number of carbonyl (C=O) groups excluding carboxylic acids is 1. The molecule has 1 heterocycles. The molecule has 0 unspecified atom stereocenters. The first-order valence-corrected chi connectivity index (χ1v) is 6.16. The first-order valence-electron chi connectivity index (χ1n) is 6.16. The summed E-state index contributed by atoms with van der Waals surface area (Å²) in [6.45, 7) is 2.72. The highest BCUT2D eigenvalue weighted by Gasteiger charge is 2.11. The maximum absolute atomic E-state index is 11.6. The van der Waals surface area contributed by atoms with Crippen LogP contribution in [0.1, 0.15) is 31.7 Å². The zero-order valence-corrected chi connectivity index (χ0v) is 10.4. The molecule has 4 nitrogen and oxygen atoms in total. The topological polar surface area (TPSA) is 68.0 Å². The van der Waals surface area contributed by atoms with Gasteiger partial charge in [-0.05, 0) is 30.5 Å². The maximum Gasteiger partial charge on any atom is 0.236 e. The molecule has 4 heteroatoms. The average Bonchev–Trinajstić information content (AvgIpc) is 2.37. The van der Waals surface area contributed by atoms with E-state index in [1.807, 2.05) is 12.1 Å². The Morgan fingerprint density at radius 3 is 2.82 bits per heavy atom. The van der Waals surface area contributed by atoms with E-state index in [0.717, 1.165) is 25.7 Å². The number of pyridine rings is 1. The maximum atomic E-state index is 11.6. The van der Waals surface area contributed by atoms with Crippen molar-refractivity contribution in [1.29, 1.82) is 0 Å². The van der Waals surface area contributed by atoms with E-state index in [1.54, 1.807) is 12.4 Å². The second-order valence-corrected chi connectivity index (χ2v) is 4.15. The molecule has 0 aromatic carbocycles. The Kier molecular flexibility index (Phi) is 6.25. The Morgan fingerprint density at radius 2 is 2.18 bits per heavy atom. The quantitative estimate of drug-likeness (QED) is 0.747. The van der Waals surface area contributed by atoms with Crippen LogP contribution in [0.5, 0.6) is 0 Å². The molecule has 94 valence electrons. The number of nitrogens with two attached hydrogens (primary N) is 1. The predicted octanol–water partition coefficient (Wildman–Crippen LogP) is 1.26. The summed E-state index contributed by atoms with van der Waals surface area (Å²) in [5, 5.41) is 2.86. The average molecular weight is 235 g/mol. The molecule has 0 spiro atoms. The van der Waals surface area contributed by atoms with Crippen LogP contribution in [-0.4, -0.2) is 23.5 Å². The van der Waals surface area contributed by atoms with Gasteiger partial charge in [-0.1, -0.05) is 19.8 Å². The third-order valence-electron chi connectivity index (χ3n) is 2.67. The van der Waals surface area contributed by atoms with Gasteiger partial charge in [0, 0.05) is 18.9 Å². The zero-order valence-electron chi connectivity index (χ0n) is 10.4. The number of unbranched alkanes of at least 4 members (excludes halogenated alkanes) is 1. The van der Waals surface area contributed by atoms with Crippen LogP contribution in [0.15, 0.2) is 24.5 Å². The lowest BCUT2D eigenvalue weighted by atomic mass is 10.1. The molecule has 0 radical (unpaired) electrons. The molecular weight excluding hydrogens is 214 g/mol. The van der Waals surface area contributed by atoms with Crippen LogP contribution >= 0.6 is 0 Å². The Labute approximate surface area is 103 Å². The third-order valence-corrected chi connectivity index (χ3v) is 2.67. The standard InChI is InChI=1S/C13H21N3O/c1-2-3-4-12(14)13(17)16-10-7-11-5-8-15-9-6-11/h5-6,8-9,12H,2-4,7,10,14H2,1H3,(H,16,17)/t12-/m0/s1. The number of hydrogen-bond donors (Lipinski definition) is 2. The Hall–Kier alpha value is -1.42. The lowest BCUT2D eigenvalue weighted by molar-refractivity contribution is -0.122. The van der Waals surface area contributed by atoms with E-state index in [1.165, 1.54) is 5.56 Å². The van der Waals surface area contributed by atoms with Crippen molar-refractivity contribution >= 4 is 5.91 Å². The largest absolute Gasteiger partial charge is 0.354 e. The van der Waals surface area contributed by atoms with Crippen molar-refractivity contribution in [3.8, 4) is 0 Å². The fourth-order valence-corrected chi connectivity index (χ4v) is 1.57. The van der Waals surface area contributed by atoms with Crippen molar-refractivity contribution in [1.82, 2.24) is 10.3 Å². The van der Waals surface area contributed by atoms with E-state index < -0.39 is 0 Å². The van der Waals surface area contributed by atoms with Gasteiger partial charge in [-0.15, -0.1) is 0 Å². The number of nitrogens with zero attached hydrogens (tertiary/aromatic N) is 1. The molecule has 1 atom stereocenters. The number of carbonyl (C=O) groups is 1. The fourth-order valence-electron chi connectivity index (χ4n) is 1.57. The molecule has 0 saturated carbocycles. The highest BCUT2D eigenvalue weighted by Crippen LogP contribution is 1.99. The Bertz CT molecular complexity index is 327.